The van der Waals surface area contributed by atoms with E-state index in [0.717, 1.165) is 39.1 Å². The number of hydrogen-bond donors (Lipinski definition) is 0. The summed E-state index contributed by atoms with van der Waals surface area (Å²) >= 11 is 3.47. The molecule has 5 heteroatoms. The smallest absolute Gasteiger partial charge is 0.264 e. The summed E-state index contributed by atoms with van der Waals surface area (Å²) in [4.78, 5) is 14.8. The largest absolute Gasteiger partial charge is 0.333 e. The summed E-state index contributed by atoms with van der Waals surface area (Å²) in [6.07, 6.45) is 2.54. The lowest BCUT2D eigenvalue weighted by molar-refractivity contribution is -0.127. The Bertz CT molecular complexity index is 1180. The van der Waals surface area contributed by atoms with Crippen molar-refractivity contribution in [3.05, 3.63) is 92.7 Å². The topological polar surface area (TPSA) is 49.0 Å². The van der Waals surface area contributed by atoms with Crippen LogP contribution in [-0.4, -0.2) is 21.9 Å². The summed E-state index contributed by atoms with van der Waals surface area (Å²) in [5, 5.41) is 9.72. The lowest BCUT2D eigenvalue weighted by Gasteiger charge is -2.28. The van der Waals surface area contributed by atoms with Gasteiger partial charge < -0.3 is 9.47 Å². The predicted octanol–water partition coefficient (Wildman–Crippen LogP) is 5.35. The Balaban J connectivity index is 1.63. The Labute approximate surface area is 185 Å². The fourth-order valence-corrected chi connectivity index (χ4v) is 4.32. The normalized spacial score (nSPS) is 13.7. The van der Waals surface area contributed by atoms with Crippen LogP contribution in [0.3, 0.4) is 0 Å². The number of aryl methyl sites for hydroxylation is 1. The van der Waals surface area contributed by atoms with Crippen molar-refractivity contribution in [3.63, 3.8) is 0 Å². The van der Waals surface area contributed by atoms with Crippen molar-refractivity contribution in [2.45, 2.75) is 26.8 Å². The van der Waals surface area contributed by atoms with Crippen LogP contribution in [0.4, 0.5) is 0 Å². The number of hydrogen-bond acceptors (Lipinski definition) is 2. The first-order valence-electron chi connectivity index (χ1n) is 9.90. The van der Waals surface area contributed by atoms with Gasteiger partial charge >= 0.3 is 0 Å². The van der Waals surface area contributed by atoms with E-state index in [1.54, 1.807) is 11.0 Å². The first-order chi connectivity index (χ1) is 14.5. The zero-order valence-corrected chi connectivity index (χ0v) is 18.6. The van der Waals surface area contributed by atoms with Crippen LogP contribution in [0.25, 0.3) is 11.8 Å². The van der Waals surface area contributed by atoms with Crippen molar-refractivity contribution < 1.29 is 4.79 Å². The molecule has 0 atom stereocenters. The van der Waals surface area contributed by atoms with Gasteiger partial charge in [-0.25, -0.2) is 0 Å². The molecule has 30 heavy (non-hydrogen) atoms. The van der Waals surface area contributed by atoms with E-state index >= 15 is 0 Å². The number of fused-ring (bicyclic) bond motifs is 1. The second-order valence-electron chi connectivity index (χ2n) is 7.55. The number of aromatic nitrogens is 1. The Kier molecular flexibility index (Phi) is 5.61. The van der Waals surface area contributed by atoms with Crippen LogP contribution in [0.1, 0.15) is 28.1 Å². The average molecular weight is 460 g/mol. The molecule has 0 unspecified atom stereocenters. The highest BCUT2D eigenvalue weighted by molar-refractivity contribution is 9.10. The van der Waals surface area contributed by atoms with E-state index in [9.17, 15) is 10.1 Å². The average Bonchev–Trinajstić information content (AvgIpc) is 3.04. The van der Waals surface area contributed by atoms with E-state index in [4.69, 9.17) is 0 Å². The molecular formula is C25H22BrN3O. The maximum Gasteiger partial charge on any atom is 0.264 e. The monoisotopic (exact) mass is 459 g/mol. The van der Waals surface area contributed by atoms with E-state index < -0.39 is 0 Å². The summed E-state index contributed by atoms with van der Waals surface area (Å²) in [5.41, 5.74) is 6.59. The van der Waals surface area contributed by atoms with Crippen LogP contribution >= 0.6 is 15.9 Å². The Morgan fingerprint density at radius 3 is 2.50 bits per heavy atom. The molecule has 1 amide bonds. The van der Waals surface area contributed by atoms with Gasteiger partial charge in [-0.1, -0.05) is 40.2 Å². The van der Waals surface area contributed by atoms with Crippen molar-refractivity contribution in [2.75, 3.05) is 6.54 Å². The quantitative estimate of drug-likeness (QED) is 0.391. The van der Waals surface area contributed by atoms with Gasteiger partial charge in [-0.05, 0) is 73.4 Å². The van der Waals surface area contributed by atoms with E-state index in [1.807, 2.05) is 56.3 Å². The minimum atomic E-state index is -0.208. The van der Waals surface area contributed by atoms with Crippen molar-refractivity contribution in [1.29, 1.82) is 5.26 Å². The lowest BCUT2D eigenvalue weighted by Crippen LogP contribution is -2.36. The van der Waals surface area contributed by atoms with Gasteiger partial charge in [-0.3, -0.25) is 4.79 Å². The number of carbonyl (C=O) groups is 1. The maximum atomic E-state index is 13.1. The molecule has 0 radical (unpaired) electrons. The van der Waals surface area contributed by atoms with Crippen molar-refractivity contribution in [3.8, 4) is 11.8 Å². The first-order valence-corrected chi connectivity index (χ1v) is 10.7. The third-order valence-corrected chi connectivity index (χ3v) is 6.15. The molecule has 1 aromatic heterocycles. The summed E-state index contributed by atoms with van der Waals surface area (Å²) < 4.78 is 3.16. The number of amides is 1. The highest BCUT2D eigenvalue weighted by Crippen LogP contribution is 2.25. The summed E-state index contributed by atoms with van der Waals surface area (Å²) in [6.45, 7) is 5.22. The molecule has 4 rings (SSSR count). The van der Waals surface area contributed by atoms with Crippen molar-refractivity contribution >= 4 is 27.9 Å². The maximum absolute atomic E-state index is 13.1. The van der Waals surface area contributed by atoms with Crippen LogP contribution in [-0.2, 0) is 17.8 Å². The molecule has 2 aromatic carbocycles. The standard InChI is InChI=1S/C25H22BrN3O/c1-17-13-21(18(2)29(17)24-9-7-23(26)8-10-24)14-22(15-27)25(30)28-12-11-19-5-3-4-6-20(19)16-28/h3-10,13-14H,11-12,16H2,1-2H3/b22-14+. The Morgan fingerprint density at radius 1 is 1.10 bits per heavy atom. The third kappa shape index (κ3) is 3.83. The molecule has 1 aliphatic heterocycles. The minimum absolute atomic E-state index is 0.172. The van der Waals surface area contributed by atoms with E-state index in [2.05, 4.69) is 38.7 Å². The summed E-state index contributed by atoms with van der Waals surface area (Å²) in [7, 11) is 0. The Morgan fingerprint density at radius 2 is 1.80 bits per heavy atom. The molecule has 0 bridgehead atoms. The second-order valence-corrected chi connectivity index (χ2v) is 8.47. The van der Waals surface area contributed by atoms with Gasteiger partial charge in [0.2, 0.25) is 0 Å². The number of halogens is 1. The van der Waals surface area contributed by atoms with Gasteiger partial charge in [0.05, 0.1) is 0 Å². The van der Waals surface area contributed by atoms with Crippen LogP contribution in [0.2, 0.25) is 0 Å². The molecule has 2 heterocycles. The number of rotatable bonds is 3. The molecule has 150 valence electrons. The number of nitriles is 1. The van der Waals surface area contributed by atoms with Crippen LogP contribution in [0.15, 0.2) is 64.6 Å². The first kappa shape index (κ1) is 20.2. The number of benzene rings is 2. The SMILES string of the molecule is Cc1cc(/C=C(\C#N)C(=O)N2CCc3ccccc3C2)c(C)n1-c1ccc(Br)cc1. The fraction of sp³-hybridized carbons (Fsp3) is 0.200. The molecule has 0 saturated heterocycles. The fourth-order valence-electron chi connectivity index (χ4n) is 4.06. The molecule has 0 aliphatic carbocycles. The molecule has 0 fully saturated rings. The van der Waals surface area contributed by atoms with Gasteiger partial charge in [0, 0.05) is 34.6 Å². The van der Waals surface area contributed by atoms with Gasteiger partial charge in [-0.15, -0.1) is 0 Å². The molecule has 1 aliphatic rings. The van der Waals surface area contributed by atoms with Crippen LogP contribution in [0, 0.1) is 25.2 Å². The predicted molar refractivity (Wildman–Crippen MR) is 122 cm³/mol. The third-order valence-electron chi connectivity index (χ3n) is 5.62. The molecule has 0 spiro atoms. The zero-order chi connectivity index (χ0) is 21.3. The second kappa shape index (κ2) is 8.33. The van der Waals surface area contributed by atoms with Gasteiger partial charge in [0.15, 0.2) is 0 Å². The van der Waals surface area contributed by atoms with Crippen LogP contribution in [0.5, 0.6) is 0 Å². The van der Waals surface area contributed by atoms with Gasteiger partial charge in [-0.2, -0.15) is 5.26 Å². The molecule has 0 N–H and O–H groups in total. The highest BCUT2D eigenvalue weighted by atomic mass is 79.9. The Hall–Kier alpha value is -3.10. The molecule has 0 saturated carbocycles. The van der Waals surface area contributed by atoms with Gasteiger partial charge in [0.1, 0.15) is 11.6 Å². The van der Waals surface area contributed by atoms with E-state index in [0.29, 0.717) is 13.1 Å². The van der Waals surface area contributed by atoms with Crippen LogP contribution < -0.4 is 0 Å². The molecule has 4 nitrogen and oxygen atoms in total. The summed E-state index contributed by atoms with van der Waals surface area (Å²) in [5.74, 6) is -0.208. The zero-order valence-electron chi connectivity index (χ0n) is 17.0. The molecular weight excluding hydrogens is 438 g/mol. The summed E-state index contributed by atoms with van der Waals surface area (Å²) in [6, 6.07) is 20.4. The number of carbonyl (C=O) groups excluding carboxylic acids is 1. The van der Waals surface area contributed by atoms with E-state index in [-0.39, 0.29) is 11.5 Å². The van der Waals surface area contributed by atoms with E-state index in [1.165, 1.54) is 5.56 Å². The van der Waals surface area contributed by atoms with Gasteiger partial charge in [0.25, 0.3) is 5.91 Å². The van der Waals surface area contributed by atoms with Crippen molar-refractivity contribution in [1.82, 2.24) is 9.47 Å². The van der Waals surface area contributed by atoms with Crippen molar-refractivity contribution in [2.24, 2.45) is 0 Å². The molecule has 3 aromatic rings. The lowest BCUT2D eigenvalue weighted by atomic mass is 9.99. The minimum Gasteiger partial charge on any atom is -0.333 e. The highest BCUT2D eigenvalue weighted by Gasteiger charge is 2.23. The number of nitrogens with zero attached hydrogens (tertiary/aromatic N) is 3.